The van der Waals surface area contributed by atoms with Gasteiger partial charge in [-0.3, -0.25) is 14.5 Å². The van der Waals surface area contributed by atoms with Crippen LogP contribution in [0.25, 0.3) is 0 Å². The van der Waals surface area contributed by atoms with E-state index in [1.54, 1.807) is 11.0 Å². The Kier molecular flexibility index (Phi) is 9.81. The van der Waals surface area contributed by atoms with Crippen LogP contribution in [0.4, 0.5) is 27.8 Å². The molecule has 8 nitrogen and oxygen atoms in total. The third-order valence-corrected chi connectivity index (χ3v) is 6.60. The third kappa shape index (κ3) is 8.07. The molecule has 1 N–H and O–H groups in total. The lowest BCUT2D eigenvalue weighted by Crippen LogP contribution is -2.50. The van der Waals surface area contributed by atoms with Crippen molar-refractivity contribution in [1.29, 1.82) is 0 Å². The van der Waals surface area contributed by atoms with Crippen LogP contribution in [-0.2, 0) is 23.4 Å². The molecule has 3 rings (SSSR count). The zero-order chi connectivity index (χ0) is 28.8. The average molecular weight is 557 g/mol. The van der Waals surface area contributed by atoms with E-state index in [-0.39, 0.29) is 30.6 Å². The molecule has 1 amide bonds. The van der Waals surface area contributed by atoms with Crippen molar-refractivity contribution in [2.24, 2.45) is 0 Å². The number of aromatic amines is 1. The first-order valence-corrected chi connectivity index (χ1v) is 12.7. The van der Waals surface area contributed by atoms with Crippen LogP contribution in [-0.4, -0.2) is 69.7 Å². The largest absolute Gasteiger partial charge is 0.417 e. The maximum atomic E-state index is 13.9. The lowest BCUT2D eigenvalue weighted by atomic mass is 10.1. The van der Waals surface area contributed by atoms with Gasteiger partial charge in [-0.25, -0.2) is 18.9 Å². The predicted octanol–water partition coefficient (Wildman–Crippen LogP) is 4.19. The lowest BCUT2D eigenvalue weighted by Gasteiger charge is -2.37. The SMILES string of the molecule is C=CC[C@@H](CC(=O)N1CCN(c2ccc(C(F)(F)F)cn2)CC1)N(CCC)Cc1cc(C(C)(F)F)c(=O)[nH]n1. The van der Waals surface area contributed by atoms with Crippen LogP contribution in [0.5, 0.6) is 0 Å². The summed E-state index contributed by atoms with van der Waals surface area (Å²) in [4.78, 5) is 34.5. The number of alkyl halides is 5. The molecule has 1 aliphatic heterocycles. The Hall–Kier alpha value is -3.35. The summed E-state index contributed by atoms with van der Waals surface area (Å²) in [5.41, 5.74) is -2.17. The van der Waals surface area contributed by atoms with Crippen LogP contribution in [0.1, 0.15) is 49.9 Å². The molecule has 214 valence electrons. The maximum absolute atomic E-state index is 13.9. The van der Waals surface area contributed by atoms with Gasteiger partial charge in [0.15, 0.2) is 0 Å². The lowest BCUT2D eigenvalue weighted by molar-refractivity contribution is -0.138. The van der Waals surface area contributed by atoms with Crippen LogP contribution in [0.2, 0.25) is 0 Å². The molecule has 0 radical (unpaired) electrons. The summed E-state index contributed by atoms with van der Waals surface area (Å²) in [6.07, 6.45) is -0.591. The van der Waals surface area contributed by atoms with Crippen molar-refractivity contribution in [3.63, 3.8) is 0 Å². The van der Waals surface area contributed by atoms with E-state index in [1.807, 2.05) is 16.7 Å². The summed E-state index contributed by atoms with van der Waals surface area (Å²) >= 11 is 0. The number of carbonyl (C=O) groups excluding carboxylic acids is 1. The highest BCUT2D eigenvalue weighted by atomic mass is 19.4. The Morgan fingerprint density at radius 1 is 1.21 bits per heavy atom. The molecule has 1 atom stereocenters. The number of halogens is 5. The predicted molar refractivity (Wildman–Crippen MR) is 136 cm³/mol. The minimum absolute atomic E-state index is 0.0989. The number of amides is 1. The van der Waals surface area contributed by atoms with Gasteiger partial charge in [-0.15, -0.1) is 6.58 Å². The van der Waals surface area contributed by atoms with E-state index in [1.165, 1.54) is 6.07 Å². The highest BCUT2D eigenvalue weighted by Gasteiger charge is 2.32. The number of nitrogens with one attached hydrogen (secondary N) is 1. The van der Waals surface area contributed by atoms with Gasteiger partial charge in [0.2, 0.25) is 5.91 Å². The van der Waals surface area contributed by atoms with Crippen molar-refractivity contribution >= 4 is 11.7 Å². The number of anilines is 1. The molecule has 3 heterocycles. The number of rotatable bonds is 11. The second-order valence-electron chi connectivity index (χ2n) is 9.61. The van der Waals surface area contributed by atoms with E-state index in [4.69, 9.17) is 0 Å². The maximum Gasteiger partial charge on any atom is 0.417 e. The zero-order valence-electron chi connectivity index (χ0n) is 22.0. The molecule has 0 aromatic carbocycles. The summed E-state index contributed by atoms with van der Waals surface area (Å²) in [6.45, 7) is 8.74. The number of nitrogens with zero attached hydrogens (tertiary/aromatic N) is 5. The summed E-state index contributed by atoms with van der Waals surface area (Å²) in [5.74, 6) is -3.01. The third-order valence-electron chi connectivity index (χ3n) is 6.60. The van der Waals surface area contributed by atoms with E-state index in [9.17, 15) is 31.5 Å². The Balaban J connectivity index is 1.65. The molecule has 0 spiro atoms. The fourth-order valence-electron chi connectivity index (χ4n) is 4.55. The van der Waals surface area contributed by atoms with E-state index >= 15 is 0 Å². The van der Waals surface area contributed by atoms with E-state index in [2.05, 4.69) is 21.8 Å². The molecule has 0 aliphatic carbocycles. The van der Waals surface area contributed by atoms with Gasteiger partial charge in [0.05, 0.1) is 16.8 Å². The second kappa shape index (κ2) is 12.7. The second-order valence-corrected chi connectivity index (χ2v) is 9.61. The first-order chi connectivity index (χ1) is 18.3. The molecule has 0 bridgehead atoms. The highest BCUT2D eigenvalue weighted by Crippen LogP contribution is 2.29. The van der Waals surface area contributed by atoms with Crippen molar-refractivity contribution in [1.82, 2.24) is 25.0 Å². The summed E-state index contributed by atoms with van der Waals surface area (Å²) < 4.78 is 66.2. The zero-order valence-corrected chi connectivity index (χ0v) is 22.0. The van der Waals surface area contributed by atoms with Crippen LogP contribution in [0.15, 0.2) is 41.8 Å². The van der Waals surface area contributed by atoms with Gasteiger partial charge >= 0.3 is 6.18 Å². The van der Waals surface area contributed by atoms with Gasteiger partial charge in [0.1, 0.15) is 5.82 Å². The van der Waals surface area contributed by atoms with Crippen molar-refractivity contribution in [2.75, 3.05) is 37.6 Å². The number of H-pyrrole nitrogens is 1. The number of pyridine rings is 1. The van der Waals surface area contributed by atoms with Crippen molar-refractivity contribution in [3.8, 4) is 0 Å². The first-order valence-electron chi connectivity index (χ1n) is 12.7. The van der Waals surface area contributed by atoms with Crippen molar-refractivity contribution < 1.29 is 26.7 Å². The van der Waals surface area contributed by atoms with Crippen molar-refractivity contribution in [3.05, 3.63) is 64.2 Å². The number of piperazine rings is 1. The topological polar surface area (TPSA) is 85.4 Å². The molecule has 0 saturated carbocycles. The number of aromatic nitrogens is 3. The minimum Gasteiger partial charge on any atom is -0.353 e. The van der Waals surface area contributed by atoms with Gasteiger partial charge < -0.3 is 9.80 Å². The summed E-state index contributed by atoms with van der Waals surface area (Å²) in [6, 6.07) is 3.14. The van der Waals surface area contributed by atoms with E-state index in [0.29, 0.717) is 51.9 Å². The van der Waals surface area contributed by atoms with Crippen LogP contribution >= 0.6 is 0 Å². The van der Waals surface area contributed by atoms with E-state index < -0.39 is 28.8 Å². The standard InChI is InChI=1S/C26H33F5N6O2/c1-4-6-20(37(9-5-2)17-19-14-21(25(3,27)28)24(39)34-33-19)15-23(38)36-12-10-35(11-13-36)22-8-7-18(16-32-22)26(29,30)31/h4,7-8,14,16,20H,1,5-6,9-13,15,17H2,2-3H3,(H,34,39)/t20-/m0/s1. The van der Waals surface area contributed by atoms with Crippen LogP contribution in [0, 0.1) is 0 Å². The van der Waals surface area contributed by atoms with Gasteiger partial charge in [-0.05, 0) is 37.6 Å². The molecule has 1 fully saturated rings. The van der Waals surface area contributed by atoms with Gasteiger partial charge in [0, 0.05) is 58.3 Å². The Bertz CT molecular complexity index is 1170. The summed E-state index contributed by atoms with van der Waals surface area (Å²) in [5, 5.41) is 6.08. The van der Waals surface area contributed by atoms with Crippen LogP contribution in [0.3, 0.4) is 0 Å². The fourth-order valence-corrected chi connectivity index (χ4v) is 4.55. The number of hydrogen-bond acceptors (Lipinski definition) is 6. The first kappa shape index (κ1) is 30.2. The number of carbonyl (C=O) groups is 1. The molecular formula is C26H33F5N6O2. The molecular weight excluding hydrogens is 523 g/mol. The van der Waals surface area contributed by atoms with Gasteiger partial charge in [0.25, 0.3) is 11.5 Å². The van der Waals surface area contributed by atoms with Gasteiger partial charge in [-0.1, -0.05) is 13.0 Å². The minimum atomic E-state index is -4.46. The molecule has 1 aliphatic rings. The quantitative estimate of drug-likeness (QED) is 0.330. The average Bonchev–Trinajstić information content (AvgIpc) is 2.88. The molecule has 39 heavy (non-hydrogen) atoms. The fraction of sp³-hybridized carbons (Fsp3) is 0.538. The molecule has 2 aromatic rings. The molecule has 1 saturated heterocycles. The number of hydrogen-bond donors (Lipinski definition) is 1. The Morgan fingerprint density at radius 2 is 1.90 bits per heavy atom. The molecule has 13 heteroatoms. The smallest absolute Gasteiger partial charge is 0.353 e. The molecule has 0 unspecified atom stereocenters. The monoisotopic (exact) mass is 556 g/mol. The Morgan fingerprint density at radius 3 is 2.44 bits per heavy atom. The summed E-state index contributed by atoms with van der Waals surface area (Å²) in [7, 11) is 0. The van der Waals surface area contributed by atoms with E-state index in [0.717, 1.165) is 24.8 Å². The normalized spacial score (nSPS) is 15.5. The van der Waals surface area contributed by atoms with Gasteiger partial charge in [-0.2, -0.15) is 18.3 Å². The molecule has 2 aromatic heterocycles. The van der Waals surface area contributed by atoms with Crippen LogP contribution < -0.4 is 10.5 Å². The van der Waals surface area contributed by atoms with Crippen molar-refractivity contribution in [2.45, 2.75) is 57.8 Å². The highest BCUT2D eigenvalue weighted by molar-refractivity contribution is 5.77. The Labute approximate surface area is 223 Å².